The molecule has 1 aromatic heterocycles. The van der Waals surface area contributed by atoms with Gasteiger partial charge in [0.25, 0.3) is 6.43 Å². The van der Waals surface area contributed by atoms with Crippen LogP contribution in [0.2, 0.25) is 0 Å². The largest absolute Gasteiger partial charge is 0.466 e. The van der Waals surface area contributed by atoms with E-state index in [4.69, 9.17) is 16.2 Å². The first kappa shape index (κ1) is 13.1. The number of nitrogen functional groups attached to an aromatic ring is 2. The lowest BCUT2D eigenvalue weighted by Gasteiger charge is -2.10. The van der Waals surface area contributed by atoms with E-state index in [9.17, 15) is 13.6 Å². The lowest BCUT2D eigenvalue weighted by Crippen LogP contribution is -2.13. The predicted octanol–water partition coefficient (Wildman–Crippen LogP) is 1.29. The molecule has 4 N–H and O–H groups in total. The molecule has 17 heavy (non-hydrogen) atoms. The van der Waals surface area contributed by atoms with Crippen molar-refractivity contribution >= 4 is 17.5 Å². The Bertz CT molecular complexity index is 401. The standard InChI is InChI=1S/C10H13F2N3O2/c1-2-17-8(16)3-5-6(13)4-7(9(11)12)15-10(5)14/h4,9H,2-3H2,1H3,(H4,13,14,15). The highest BCUT2D eigenvalue weighted by molar-refractivity contribution is 5.77. The van der Waals surface area contributed by atoms with E-state index >= 15 is 0 Å². The fraction of sp³-hybridized carbons (Fsp3) is 0.400. The van der Waals surface area contributed by atoms with Crippen molar-refractivity contribution in [2.75, 3.05) is 18.1 Å². The Morgan fingerprint density at radius 1 is 1.53 bits per heavy atom. The molecule has 0 amide bonds. The minimum Gasteiger partial charge on any atom is -0.466 e. The fourth-order valence-electron chi connectivity index (χ4n) is 1.29. The van der Waals surface area contributed by atoms with Crippen LogP contribution < -0.4 is 11.5 Å². The first-order valence-corrected chi connectivity index (χ1v) is 4.94. The fourth-order valence-corrected chi connectivity index (χ4v) is 1.29. The summed E-state index contributed by atoms with van der Waals surface area (Å²) in [5, 5.41) is 0. The Morgan fingerprint density at radius 3 is 2.65 bits per heavy atom. The Labute approximate surface area is 96.8 Å². The summed E-state index contributed by atoms with van der Waals surface area (Å²) in [6.07, 6.45) is -2.93. The van der Waals surface area contributed by atoms with Gasteiger partial charge in [-0.25, -0.2) is 13.8 Å². The van der Waals surface area contributed by atoms with E-state index in [1.165, 1.54) is 0 Å². The lowest BCUT2D eigenvalue weighted by atomic mass is 10.1. The maximum absolute atomic E-state index is 12.4. The molecule has 7 heteroatoms. The van der Waals surface area contributed by atoms with Crippen molar-refractivity contribution in [1.82, 2.24) is 4.98 Å². The summed E-state index contributed by atoms with van der Waals surface area (Å²) in [6, 6.07) is 1.01. The molecule has 1 heterocycles. The number of hydrogen-bond donors (Lipinski definition) is 2. The van der Waals surface area contributed by atoms with Gasteiger partial charge in [-0.2, -0.15) is 0 Å². The number of carbonyl (C=O) groups is 1. The third kappa shape index (κ3) is 3.27. The summed E-state index contributed by atoms with van der Waals surface area (Å²) in [5.41, 5.74) is 10.7. The summed E-state index contributed by atoms with van der Waals surface area (Å²) in [5.74, 6) is -0.703. The van der Waals surface area contributed by atoms with E-state index in [0.717, 1.165) is 6.07 Å². The van der Waals surface area contributed by atoms with Crippen LogP contribution in [0.1, 0.15) is 24.6 Å². The summed E-state index contributed by atoms with van der Waals surface area (Å²) in [4.78, 5) is 14.7. The number of hydrogen-bond acceptors (Lipinski definition) is 5. The molecule has 0 saturated carbocycles. The Kier molecular flexibility index (Phi) is 4.19. The minimum atomic E-state index is -2.75. The number of rotatable bonds is 4. The summed E-state index contributed by atoms with van der Waals surface area (Å²) in [7, 11) is 0. The van der Waals surface area contributed by atoms with E-state index in [2.05, 4.69) is 4.98 Å². The van der Waals surface area contributed by atoms with Crippen LogP contribution in [0.25, 0.3) is 0 Å². The van der Waals surface area contributed by atoms with E-state index in [0.29, 0.717) is 0 Å². The number of halogens is 2. The molecule has 0 aromatic carbocycles. The Balaban J connectivity index is 2.97. The first-order valence-electron chi connectivity index (χ1n) is 4.94. The van der Waals surface area contributed by atoms with Gasteiger partial charge in [-0.15, -0.1) is 0 Å². The number of ether oxygens (including phenoxy) is 1. The average Bonchev–Trinajstić information content (AvgIpc) is 2.23. The van der Waals surface area contributed by atoms with Gasteiger partial charge in [-0.05, 0) is 13.0 Å². The molecule has 0 aliphatic heterocycles. The molecule has 0 saturated heterocycles. The molecule has 0 aliphatic rings. The van der Waals surface area contributed by atoms with Gasteiger partial charge in [0.05, 0.1) is 13.0 Å². The quantitative estimate of drug-likeness (QED) is 0.780. The third-order valence-electron chi connectivity index (χ3n) is 2.06. The molecule has 0 radical (unpaired) electrons. The molecule has 0 spiro atoms. The van der Waals surface area contributed by atoms with E-state index < -0.39 is 18.1 Å². The van der Waals surface area contributed by atoms with Gasteiger partial charge < -0.3 is 16.2 Å². The number of anilines is 2. The maximum Gasteiger partial charge on any atom is 0.310 e. The summed E-state index contributed by atoms with van der Waals surface area (Å²) >= 11 is 0. The van der Waals surface area contributed by atoms with Crippen molar-refractivity contribution in [3.63, 3.8) is 0 Å². The molecule has 0 atom stereocenters. The van der Waals surface area contributed by atoms with Crippen molar-refractivity contribution in [2.45, 2.75) is 19.8 Å². The van der Waals surface area contributed by atoms with Crippen molar-refractivity contribution in [2.24, 2.45) is 0 Å². The van der Waals surface area contributed by atoms with Crippen molar-refractivity contribution in [3.05, 3.63) is 17.3 Å². The number of alkyl halides is 2. The molecular weight excluding hydrogens is 232 g/mol. The zero-order valence-electron chi connectivity index (χ0n) is 9.24. The number of aromatic nitrogens is 1. The van der Waals surface area contributed by atoms with Crippen LogP contribution in [0.3, 0.4) is 0 Å². The average molecular weight is 245 g/mol. The lowest BCUT2D eigenvalue weighted by molar-refractivity contribution is -0.142. The topological polar surface area (TPSA) is 91.2 Å². The SMILES string of the molecule is CCOC(=O)Cc1c(N)cc(C(F)F)nc1N. The van der Waals surface area contributed by atoms with Crippen molar-refractivity contribution in [3.8, 4) is 0 Å². The second kappa shape index (κ2) is 5.42. The van der Waals surface area contributed by atoms with Crippen LogP contribution >= 0.6 is 0 Å². The van der Waals surface area contributed by atoms with Crippen LogP contribution in [0.15, 0.2) is 6.07 Å². The maximum atomic E-state index is 12.4. The summed E-state index contributed by atoms with van der Waals surface area (Å²) in [6.45, 7) is 1.88. The number of nitrogens with zero attached hydrogens (tertiary/aromatic N) is 1. The molecule has 5 nitrogen and oxygen atoms in total. The number of pyridine rings is 1. The van der Waals surface area contributed by atoms with Crippen LogP contribution in [0, 0.1) is 0 Å². The summed E-state index contributed by atoms with van der Waals surface area (Å²) < 4.78 is 29.5. The van der Waals surface area contributed by atoms with Gasteiger partial charge in [-0.3, -0.25) is 4.79 Å². The van der Waals surface area contributed by atoms with E-state index in [1.807, 2.05) is 0 Å². The molecule has 1 aromatic rings. The van der Waals surface area contributed by atoms with Crippen molar-refractivity contribution < 1.29 is 18.3 Å². The molecule has 0 aliphatic carbocycles. The second-order valence-corrected chi connectivity index (χ2v) is 3.28. The van der Waals surface area contributed by atoms with Gasteiger partial charge in [0.2, 0.25) is 0 Å². The monoisotopic (exact) mass is 245 g/mol. The smallest absolute Gasteiger partial charge is 0.310 e. The number of carbonyl (C=O) groups excluding carboxylic acids is 1. The molecule has 0 bridgehead atoms. The molecule has 0 fully saturated rings. The van der Waals surface area contributed by atoms with Crippen LogP contribution in [-0.4, -0.2) is 17.6 Å². The van der Waals surface area contributed by atoms with E-state index in [1.54, 1.807) is 6.92 Å². The Hall–Kier alpha value is -1.92. The number of esters is 1. The zero-order valence-corrected chi connectivity index (χ0v) is 9.24. The highest BCUT2D eigenvalue weighted by Gasteiger charge is 2.17. The van der Waals surface area contributed by atoms with Crippen LogP contribution in [-0.2, 0) is 16.0 Å². The van der Waals surface area contributed by atoms with Crippen LogP contribution in [0.4, 0.5) is 20.3 Å². The molecule has 1 rings (SSSR count). The van der Waals surface area contributed by atoms with Gasteiger partial charge in [-0.1, -0.05) is 0 Å². The second-order valence-electron chi connectivity index (χ2n) is 3.28. The normalized spacial score (nSPS) is 10.6. The molecule has 0 unspecified atom stereocenters. The first-order chi connectivity index (χ1) is 7.95. The highest BCUT2D eigenvalue weighted by Crippen LogP contribution is 2.25. The molecular formula is C10H13F2N3O2. The van der Waals surface area contributed by atoms with Gasteiger partial charge in [0, 0.05) is 11.3 Å². The van der Waals surface area contributed by atoms with Gasteiger partial charge in [0.15, 0.2) is 0 Å². The van der Waals surface area contributed by atoms with Crippen molar-refractivity contribution in [1.29, 1.82) is 0 Å². The number of nitrogens with two attached hydrogens (primary N) is 2. The third-order valence-corrected chi connectivity index (χ3v) is 2.06. The van der Waals surface area contributed by atoms with Crippen LogP contribution in [0.5, 0.6) is 0 Å². The van der Waals surface area contributed by atoms with E-state index in [-0.39, 0.29) is 30.1 Å². The molecule has 94 valence electrons. The van der Waals surface area contributed by atoms with Gasteiger partial charge in [0.1, 0.15) is 11.5 Å². The minimum absolute atomic E-state index is 0.0147. The van der Waals surface area contributed by atoms with Gasteiger partial charge >= 0.3 is 5.97 Å². The zero-order chi connectivity index (χ0) is 13.0. The highest BCUT2D eigenvalue weighted by atomic mass is 19.3. The predicted molar refractivity (Wildman–Crippen MR) is 58.4 cm³/mol. The Morgan fingerprint density at radius 2 is 2.18 bits per heavy atom.